The van der Waals surface area contributed by atoms with Crippen LogP contribution in [0.15, 0.2) is 18.7 Å². The smallest absolute Gasteiger partial charge is 0.134 e. The summed E-state index contributed by atoms with van der Waals surface area (Å²) in [5, 5.41) is 0. The Morgan fingerprint density at radius 3 is 2.85 bits per heavy atom. The van der Waals surface area contributed by atoms with Gasteiger partial charge in [0.05, 0.1) is 6.33 Å². The fourth-order valence-corrected chi connectivity index (χ4v) is 1.23. The number of nitrogens with zero attached hydrogens (tertiary/aromatic N) is 2. The van der Waals surface area contributed by atoms with Crippen LogP contribution >= 0.6 is 0 Å². The fourth-order valence-electron chi connectivity index (χ4n) is 1.23. The van der Waals surface area contributed by atoms with E-state index in [1.807, 2.05) is 10.8 Å². The van der Waals surface area contributed by atoms with Crippen LogP contribution in [-0.4, -0.2) is 15.3 Å². The van der Waals surface area contributed by atoms with E-state index in [-0.39, 0.29) is 0 Å². The van der Waals surface area contributed by atoms with Gasteiger partial charge in [0.15, 0.2) is 0 Å². The summed E-state index contributed by atoms with van der Waals surface area (Å²) in [7, 11) is 0. The van der Waals surface area contributed by atoms with Crippen molar-refractivity contribution in [1.82, 2.24) is 9.55 Å². The third kappa shape index (κ3) is 3.87. The molecule has 72 valence electrons. The summed E-state index contributed by atoms with van der Waals surface area (Å²) in [6.45, 7) is 4.88. The van der Waals surface area contributed by atoms with Crippen molar-refractivity contribution < 1.29 is 4.79 Å². The third-order valence-corrected chi connectivity index (χ3v) is 1.84. The van der Waals surface area contributed by atoms with E-state index in [4.69, 9.17) is 0 Å². The highest BCUT2D eigenvalue weighted by molar-refractivity contribution is 5.78. The average Bonchev–Trinajstić information content (AvgIpc) is 2.51. The predicted molar refractivity (Wildman–Crippen MR) is 51.3 cm³/mol. The largest absolute Gasteiger partial charge is 0.337 e. The molecule has 0 N–H and O–H groups in total. The summed E-state index contributed by atoms with van der Waals surface area (Å²) in [6.07, 6.45) is 6.65. The lowest BCUT2D eigenvalue weighted by molar-refractivity contribution is -0.119. The molecular weight excluding hydrogens is 164 g/mol. The van der Waals surface area contributed by atoms with Crippen molar-refractivity contribution in [2.45, 2.75) is 33.2 Å². The van der Waals surface area contributed by atoms with Crippen LogP contribution in [0, 0.1) is 5.92 Å². The van der Waals surface area contributed by atoms with Crippen LogP contribution in [0.4, 0.5) is 0 Å². The topological polar surface area (TPSA) is 34.9 Å². The third-order valence-electron chi connectivity index (χ3n) is 1.84. The monoisotopic (exact) mass is 180 g/mol. The summed E-state index contributed by atoms with van der Waals surface area (Å²) >= 11 is 0. The van der Waals surface area contributed by atoms with Gasteiger partial charge in [-0.3, -0.25) is 4.79 Å². The van der Waals surface area contributed by atoms with Crippen LogP contribution < -0.4 is 0 Å². The van der Waals surface area contributed by atoms with E-state index in [0.29, 0.717) is 24.5 Å². The van der Waals surface area contributed by atoms with E-state index < -0.39 is 0 Å². The summed E-state index contributed by atoms with van der Waals surface area (Å²) in [4.78, 5) is 15.2. The molecule has 0 aliphatic rings. The molecule has 3 nitrogen and oxygen atoms in total. The molecule has 0 saturated heterocycles. The van der Waals surface area contributed by atoms with Crippen molar-refractivity contribution in [2.24, 2.45) is 5.92 Å². The Morgan fingerprint density at radius 2 is 2.31 bits per heavy atom. The number of carbonyl (C=O) groups is 1. The molecular formula is C10H16N2O. The predicted octanol–water partition coefficient (Wildman–Crippen LogP) is 1.89. The SMILES string of the molecule is CC(C)CC(=O)CCn1ccnc1. The lowest BCUT2D eigenvalue weighted by Crippen LogP contribution is -2.06. The second-order valence-corrected chi connectivity index (χ2v) is 3.69. The molecule has 0 bridgehead atoms. The van der Waals surface area contributed by atoms with E-state index in [0.717, 1.165) is 6.54 Å². The zero-order chi connectivity index (χ0) is 9.68. The van der Waals surface area contributed by atoms with E-state index in [2.05, 4.69) is 18.8 Å². The number of carbonyl (C=O) groups excluding carboxylic acids is 1. The number of hydrogen-bond acceptors (Lipinski definition) is 2. The molecule has 0 aliphatic heterocycles. The number of hydrogen-bond donors (Lipinski definition) is 0. The molecule has 0 amide bonds. The van der Waals surface area contributed by atoms with Crippen molar-refractivity contribution in [2.75, 3.05) is 0 Å². The van der Waals surface area contributed by atoms with Gasteiger partial charge in [0.1, 0.15) is 5.78 Å². The minimum atomic E-state index is 0.337. The van der Waals surface area contributed by atoms with E-state index in [1.54, 1.807) is 12.5 Å². The molecule has 0 unspecified atom stereocenters. The number of ketones is 1. The minimum Gasteiger partial charge on any atom is -0.337 e. The Kier molecular flexibility index (Phi) is 3.68. The lowest BCUT2D eigenvalue weighted by Gasteiger charge is -2.03. The van der Waals surface area contributed by atoms with Gasteiger partial charge in [-0.15, -0.1) is 0 Å². The molecule has 0 saturated carbocycles. The fraction of sp³-hybridized carbons (Fsp3) is 0.600. The summed E-state index contributed by atoms with van der Waals surface area (Å²) in [6, 6.07) is 0. The Labute approximate surface area is 78.8 Å². The first-order valence-electron chi connectivity index (χ1n) is 4.66. The van der Waals surface area contributed by atoms with Gasteiger partial charge in [0.2, 0.25) is 0 Å². The van der Waals surface area contributed by atoms with Crippen LogP contribution in [0.5, 0.6) is 0 Å². The Morgan fingerprint density at radius 1 is 1.54 bits per heavy atom. The number of imidazole rings is 1. The maximum absolute atomic E-state index is 11.3. The molecule has 0 aromatic carbocycles. The maximum Gasteiger partial charge on any atom is 0.134 e. The maximum atomic E-state index is 11.3. The molecule has 0 atom stereocenters. The molecule has 0 fully saturated rings. The van der Waals surface area contributed by atoms with Gasteiger partial charge >= 0.3 is 0 Å². The zero-order valence-corrected chi connectivity index (χ0v) is 8.23. The lowest BCUT2D eigenvalue weighted by atomic mass is 10.1. The first-order valence-corrected chi connectivity index (χ1v) is 4.66. The van der Waals surface area contributed by atoms with Crippen LogP contribution in [0.2, 0.25) is 0 Å². The van der Waals surface area contributed by atoms with Crippen LogP contribution in [0.1, 0.15) is 26.7 Å². The Balaban J connectivity index is 2.23. The van der Waals surface area contributed by atoms with Gasteiger partial charge in [-0.1, -0.05) is 13.8 Å². The second kappa shape index (κ2) is 4.80. The number of aromatic nitrogens is 2. The summed E-state index contributed by atoms with van der Waals surface area (Å²) in [5.74, 6) is 0.805. The first-order chi connectivity index (χ1) is 6.18. The van der Waals surface area contributed by atoms with E-state index >= 15 is 0 Å². The highest BCUT2D eigenvalue weighted by atomic mass is 16.1. The van der Waals surface area contributed by atoms with Gasteiger partial charge < -0.3 is 4.57 Å². The van der Waals surface area contributed by atoms with Crippen molar-refractivity contribution >= 4 is 5.78 Å². The van der Waals surface area contributed by atoms with Gasteiger partial charge in [-0.25, -0.2) is 4.98 Å². The molecule has 1 aromatic heterocycles. The first kappa shape index (κ1) is 9.96. The Hall–Kier alpha value is -1.12. The molecule has 13 heavy (non-hydrogen) atoms. The molecule has 1 heterocycles. The van der Waals surface area contributed by atoms with Gasteiger partial charge in [0, 0.05) is 31.8 Å². The molecule has 1 rings (SSSR count). The minimum absolute atomic E-state index is 0.337. The molecule has 1 aromatic rings. The molecule has 3 heteroatoms. The highest BCUT2D eigenvalue weighted by Gasteiger charge is 2.04. The van der Waals surface area contributed by atoms with Crippen LogP contribution in [-0.2, 0) is 11.3 Å². The van der Waals surface area contributed by atoms with Crippen molar-refractivity contribution in [3.05, 3.63) is 18.7 Å². The molecule has 0 spiro atoms. The van der Waals surface area contributed by atoms with E-state index in [9.17, 15) is 4.79 Å². The molecule has 0 radical (unpaired) electrons. The number of rotatable bonds is 5. The van der Waals surface area contributed by atoms with E-state index in [1.165, 1.54) is 0 Å². The van der Waals surface area contributed by atoms with Gasteiger partial charge in [-0.2, -0.15) is 0 Å². The standard InChI is InChI=1S/C10H16N2O/c1-9(2)7-10(13)3-5-12-6-4-11-8-12/h4,6,8-9H,3,5,7H2,1-2H3. The number of Topliss-reactive ketones (excluding diaryl/α,β-unsaturated/α-hetero) is 1. The normalized spacial score (nSPS) is 10.7. The van der Waals surface area contributed by atoms with Crippen LogP contribution in [0.3, 0.4) is 0 Å². The van der Waals surface area contributed by atoms with Crippen molar-refractivity contribution in [3.8, 4) is 0 Å². The Bertz CT molecular complexity index is 252. The summed E-state index contributed by atoms with van der Waals surface area (Å²) < 4.78 is 1.93. The second-order valence-electron chi connectivity index (χ2n) is 3.69. The van der Waals surface area contributed by atoms with Crippen LogP contribution in [0.25, 0.3) is 0 Å². The quantitative estimate of drug-likeness (QED) is 0.693. The molecule has 0 aliphatic carbocycles. The zero-order valence-electron chi connectivity index (χ0n) is 8.23. The number of aryl methyl sites for hydroxylation is 1. The van der Waals surface area contributed by atoms with Gasteiger partial charge in [0.25, 0.3) is 0 Å². The van der Waals surface area contributed by atoms with Gasteiger partial charge in [-0.05, 0) is 5.92 Å². The average molecular weight is 180 g/mol. The highest BCUT2D eigenvalue weighted by Crippen LogP contribution is 2.03. The van der Waals surface area contributed by atoms with Crippen molar-refractivity contribution in [3.63, 3.8) is 0 Å². The van der Waals surface area contributed by atoms with Crippen molar-refractivity contribution in [1.29, 1.82) is 0 Å². The summed E-state index contributed by atoms with van der Waals surface area (Å²) in [5.41, 5.74) is 0.